The van der Waals surface area contributed by atoms with Crippen molar-refractivity contribution in [2.75, 3.05) is 20.2 Å². The summed E-state index contributed by atoms with van der Waals surface area (Å²) in [5, 5.41) is 0. The first kappa shape index (κ1) is 16.1. The van der Waals surface area contributed by atoms with Crippen LogP contribution < -0.4 is 5.73 Å². The lowest BCUT2D eigenvalue weighted by molar-refractivity contribution is 0.0522. The summed E-state index contributed by atoms with van der Waals surface area (Å²) in [6.45, 7) is 7.78. The van der Waals surface area contributed by atoms with Crippen LogP contribution >= 0.6 is 0 Å². The van der Waals surface area contributed by atoms with E-state index in [0.29, 0.717) is 6.61 Å². The maximum atomic E-state index is 6.26. The van der Waals surface area contributed by atoms with Crippen LogP contribution in [0.3, 0.4) is 0 Å². The van der Waals surface area contributed by atoms with Gasteiger partial charge in [-0.15, -0.1) is 0 Å². The van der Waals surface area contributed by atoms with Gasteiger partial charge in [0.25, 0.3) is 0 Å². The molecule has 0 saturated heterocycles. The molecule has 2 unspecified atom stereocenters. The molecule has 0 radical (unpaired) electrons. The lowest BCUT2D eigenvalue weighted by Gasteiger charge is -2.32. The number of aromatic nitrogens is 1. The third-order valence-corrected chi connectivity index (χ3v) is 3.24. The van der Waals surface area contributed by atoms with Crippen molar-refractivity contribution < 1.29 is 4.74 Å². The quantitative estimate of drug-likeness (QED) is 0.783. The van der Waals surface area contributed by atoms with E-state index in [0.717, 1.165) is 18.7 Å². The van der Waals surface area contributed by atoms with Gasteiger partial charge in [0.05, 0.1) is 24.4 Å². The highest BCUT2D eigenvalue weighted by molar-refractivity contribution is 5.11. The van der Waals surface area contributed by atoms with E-state index in [9.17, 15) is 0 Å². The molecule has 0 spiro atoms. The summed E-state index contributed by atoms with van der Waals surface area (Å²) in [4.78, 5) is 6.68. The van der Waals surface area contributed by atoms with Crippen molar-refractivity contribution in [1.82, 2.24) is 9.88 Å². The van der Waals surface area contributed by atoms with Gasteiger partial charge in [0.1, 0.15) is 0 Å². The number of ether oxygens (including phenoxy) is 1. The Labute approximate surface area is 117 Å². The first-order chi connectivity index (χ1) is 9.06. The third-order valence-electron chi connectivity index (χ3n) is 3.24. The lowest BCUT2D eigenvalue weighted by atomic mass is 10.0. The number of rotatable bonds is 8. The number of nitrogens with zero attached hydrogens (tertiary/aromatic N) is 2. The summed E-state index contributed by atoms with van der Waals surface area (Å²) in [5.41, 5.74) is 7.29. The Balaban J connectivity index is 2.69. The van der Waals surface area contributed by atoms with E-state index in [1.165, 1.54) is 0 Å². The number of likely N-dealkylation sites (N-methyl/N-ethyl adjacent to an activating group) is 1. The van der Waals surface area contributed by atoms with Gasteiger partial charge < -0.3 is 10.5 Å². The zero-order valence-corrected chi connectivity index (χ0v) is 12.5. The third kappa shape index (κ3) is 5.27. The standard InChI is InChI=1S/C15H27N3O/c1-5-13(16)15(14-8-6-7-9-17-14)18(4)10-11-19-12(2)3/h6-9,12-13,15H,5,10-11,16H2,1-4H3. The Bertz CT molecular complexity index is 343. The average Bonchev–Trinajstić information content (AvgIpc) is 2.39. The molecule has 19 heavy (non-hydrogen) atoms. The number of hydrogen-bond donors (Lipinski definition) is 1. The minimum absolute atomic E-state index is 0.0824. The molecule has 0 fully saturated rings. The fraction of sp³-hybridized carbons (Fsp3) is 0.667. The maximum Gasteiger partial charge on any atom is 0.0671 e. The van der Waals surface area contributed by atoms with E-state index < -0.39 is 0 Å². The van der Waals surface area contributed by atoms with Crippen molar-refractivity contribution in [3.05, 3.63) is 30.1 Å². The van der Waals surface area contributed by atoms with Crippen LogP contribution in [-0.4, -0.2) is 42.2 Å². The predicted molar refractivity (Wildman–Crippen MR) is 79.0 cm³/mol. The lowest BCUT2D eigenvalue weighted by Crippen LogP contribution is -2.40. The molecule has 1 heterocycles. The Morgan fingerprint density at radius 3 is 2.63 bits per heavy atom. The molecular weight excluding hydrogens is 238 g/mol. The number of pyridine rings is 1. The number of nitrogens with two attached hydrogens (primary N) is 1. The van der Waals surface area contributed by atoms with Crippen molar-refractivity contribution >= 4 is 0 Å². The van der Waals surface area contributed by atoms with Gasteiger partial charge >= 0.3 is 0 Å². The fourth-order valence-corrected chi connectivity index (χ4v) is 2.12. The second-order valence-corrected chi connectivity index (χ2v) is 5.17. The van der Waals surface area contributed by atoms with Crippen LogP contribution in [0.25, 0.3) is 0 Å². The van der Waals surface area contributed by atoms with Crippen molar-refractivity contribution in [1.29, 1.82) is 0 Å². The largest absolute Gasteiger partial charge is 0.377 e. The van der Waals surface area contributed by atoms with Gasteiger partial charge in [-0.1, -0.05) is 13.0 Å². The molecule has 2 N–H and O–H groups in total. The fourth-order valence-electron chi connectivity index (χ4n) is 2.12. The summed E-state index contributed by atoms with van der Waals surface area (Å²) in [5.74, 6) is 0. The Hall–Kier alpha value is -0.970. The molecule has 4 nitrogen and oxygen atoms in total. The van der Waals surface area contributed by atoms with Crippen LogP contribution in [0.2, 0.25) is 0 Å². The molecule has 0 amide bonds. The van der Waals surface area contributed by atoms with Gasteiger partial charge in [0.2, 0.25) is 0 Å². The minimum Gasteiger partial charge on any atom is -0.377 e. The van der Waals surface area contributed by atoms with E-state index >= 15 is 0 Å². The molecule has 0 aliphatic carbocycles. The Morgan fingerprint density at radius 2 is 2.11 bits per heavy atom. The summed E-state index contributed by atoms with van der Waals surface area (Å²) in [6.07, 6.45) is 3.02. The molecule has 1 aromatic rings. The summed E-state index contributed by atoms with van der Waals surface area (Å²) < 4.78 is 5.61. The molecule has 108 valence electrons. The van der Waals surface area contributed by atoms with E-state index in [1.54, 1.807) is 0 Å². The molecule has 1 rings (SSSR count). The van der Waals surface area contributed by atoms with Crippen LogP contribution in [0.1, 0.15) is 38.9 Å². The topological polar surface area (TPSA) is 51.4 Å². The monoisotopic (exact) mass is 265 g/mol. The first-order valence-electron chi connectivity index (χ1n) is 7.04. The maximum absolute atomic E-state index is 6.26. The van der Waals surface area contributed by atoms with Gasteiger partial charge in [-0.2, -0.15) is 0 Å². The van der Waals surface area contributed by atoms with Crippen molar-refractivity contribution in [2.24, 2.45) is 5.73 Å². The zero-order valence-electron chi connectivity index (χ0n) is 12.5. The van der Waals surface area contributed by atoms with E-state index in [4.69, 9.17) is 10.5 Å². The predicted octanol–water partition coefficient (Wildman–Crippen LogP) is 2.22. The number of hydrogen-bond acceptors (Lipinski definition) is 4. The Kier molecular flexibility index (Phi) is 6.99. The molecule has 1 aromatic heterocycles. The molecule has 4 heteroatoms. The highest BCUT2D eigenvalue weighted by Crippen LogP contribution is 2.21. The molecular formula is C15H27N3O. The average molecular weight is 265 g/mol. The molecule has 0 saturated carbocycles. The van der Waals surface area contributed by atoms with Gasteiger partial charge in [-0.05, 0) is 39.4 Å². The van der Waals surface area contributed by atoms with Crippen molar-refractivity contribution in [2.45, 2.75) is 45.4 Å². The molecule has 0 aromatic carbocycles. The first-order valence-corrected chi connectivity index (χ1v) is 7.04. The summed E-state index contributed by atoms with van der Waals surface area (Å²) in [7, 11) is 2.08. The zero-order chi connectivity index (χ0) is 14.3. The van der Waals surface area contributed by atoms with Crippen molar-refractivity contribution in [3.63, 3.8) is 0 Å². The van der Waals surface area contributed by atoms with Crippen LogP contribution in [0.5, 0.6) is 0 Å². The van der Waals surface area contributed by atoms with Crippen LogP contribution in [0.15, 0.2) is 24.4 Å². The SMILES string of the molecule is CCC(N)C(c1ccccn1)N(C)CCOC(C)C. The molecule has 0 bridgehead atoms. The van der Waals surface area contributed by atoms with Gasteiger partial charge in [0.15, 0.2) is 0 Å². The molecule has 0 aliphatic heterocycles. The van der Waals surface area contributed by atoms with Gasteiger partial charge in [0, 0.05) is 18.8 Å². The highest BCUT2D eigenvalue weighted by Gasteiger charge is 2.23. The second-order valence-electron chi connectivity index (χ2n) is 5.17. The van der Waals surface area contributed by atoms with E-state index in [-0.39, 0.29) is 18.2 Å². The molecule has 0 aliphatic rings. The summed E-state index contributed by atoms with van der Waals surface area (Å²) in [6, 6.07) is 6.21. The van der Waals surface area contributed by atoms with Crippen LogP contribution in [0, 0.1) is 0 Å². The van der Waals surface area contributed by atoms with E-state index in [1.807, 2.05) is 38.2 Å². The Morgan fingerprint density at radius 1 is 1.37 bits per heavy atom. The molecule has 2 atom stereocenters. The van der Waals surface area contributed by atoms with E-state index in [2.05, 4.69) is 23.9 Å². The smallest absolute Gasteiger partial charge is 0.0671 e. The second kappa shape index (κ2) is 8.25. The summed E-state index contributed by atoms with van der Waals surface area (Å²) >= 11 is 0. The highest BCUT2D eigenvalue weighted by atomic mass is 16.5. The van der Waals surface area contributed by atoms with Gasteiger partial charge in [-0.3, -0.25) is 9.88 Å². The minimum atomic E-state index is 0.0824. The van der Waals surface area contributed by atoms with Gasteiger partial charge in [-0.25, -0.2) is 0 Å². The normalized spacial score (nSPS) is 14.9. The van der Waals surface area contributed by atoms with Crippen molar-refractivity contribution in [3.8, 4) is 0 Å². The van der Waals surface area contributed by atoms with Crippen LogP contribution in [0.4, 0.5) is 0 Å². The van der Waals surface area contributed by atoms with Crippen LogP contribution in [-0.2, 0) is 4.74 Å².